The van der Waals surface area contributed by atoms with E-state index in [0.717, 1.165) is 16.5 Å². The summed E-state index contributed by atoms with van der Waals surface area (Å²) >= 11 is 0. The minimum atomic E-state index is -3.72. The Hall–Kier alpha value is -4.90. The molecule has 0 fully saturated rings. The van der Waals surface area contributed by atoms with Crippen LogP contribution in [0.1, 0.15) is 69.5 Å². The van der Waals surface area contributed by atoms with Crippen LogP contribution in [0.2, 0.25) is 0 Å². The van der Waals surface area contributed by atoms with Crippen LogP contribution in [0, 0.1) is 24.8 Å². The Labute approximate surface area is 297 Å². The number of esters is 1. The molecule has 0 bridgehead atoms. The lowest BCUT2D eigenvalue weighted by Crippen LogP contribution is -2.44. The fourth-order valence-electron chi connectivity index (χ4n) is 7.30. The largest absolute Gasteiger partial charge is 0.458 e. The van der Waals surface area contributed by atoms with Gasteiger partial charge in [0.25, 0.3) is 11.5 Å². The molecule has 3 unspecified atom stereocenters. The molecular formula is C37H36FN4O9P. The van der Waals surface area contributed by atoms with E-state index in [2.05, 4.69) is 16.1 Å². The topological polar surface area (TPSA) is 178 Å². The van der Waals surface area contributed by atoms with Gasteiger partial charge in [0.1, 0.15) is 12.4 Å². The number of carbonyl (C=O) groups is 2. The van der Waals surface area contributed by atoms with E-state index in [-0.39, 0.29) is 57.1 Å². The number of nitrogens with zero attached hydrogens (tertiary/aromatic N) is 2. The summed E-state index contributed by atoms with van der Waals surface area (Å²) in [5.41, 5.74) is 4.56. The third-order valence-corrected chi connectivity index (χ3v) is 11.5. The van der Waals surface area contributed by atoms with Gasteiger partial charge in [0.05, 0.1) is 61.5 Å². The van der Waals surface area contributed by atoms with Crippen molar-refractivity contribution in [2.24, 2.45) is 0 Å². The van der Waals surface area contributed by atoms with Crippen LogP contribution < -0.4 is 16.0 Å². The molecule has 2 aromatic heterocycles. The second-order valence-electron chi connectivity index (χ2n) is 12.9. The zero-order valence-electron chi connectivity index (χ0n) is 28.5. The second kappa shape index (κ2) is 13.6. The summed E-state index contributed by atoms with van der Waals surface area (Å²) < 4.78 is 45.4. The van der Waals surface area contributed by atoms with Gasteiger partial charge < -0.3 is 39.2 Å². The van der Waals surface area contributed by atoms with E-state index in [1.165, 1.54) is 10.6 Å². The molecule has 270 valence electrons. The lowest BCUT2D eigenvalue weighted by Gasteiger charge is -2.31. The number of terminal acetylenes is 1. The number of anilines is 1. The number of hydrogen-bond donors (Lipinski definition) is 4. The van der Waals surface area contributed by atoms with Gasteiger partial charge in [-0.25, -0.2) is 14.2 Å². The van der Waals surface area contributed by atoms with Crippen LogP contribution >= 0.6 is 7.52 Å². The highest BCUT2D eigenvalue weighted by Gasteiger charge is 2.46. The zero-order chi connectivity index (χ0) is 36.9. The van der Waals surface area contributed by atoms with E-state index < -0.39 is 42.4 Å². The van der Waals surface area contributed by atoms with Gasteiger partial charge in [0.2, 0.25) is 0 Å². The van der Waals surface area contributed by atoms with Gasteiger partial charge in [-0.15, -0.1) is 6.42 Å². The molecule has 0 saturated heterocycles. The van der Waals surface area contributed by atoms with Crippen molar-refractivity contribution in [1.29, 1.82) is 0 Å². The summed E-state index contributed by atoms with van der Waals surface area (Å²) in [7, 11) is -3.72. The van der Waals surface area contributed by atoms with Gasteiger partial charge in [-0.2, -0.15) is 0 Å². The quantitative estimate of drug-likeness (QED) is 0.0664. The number of fused-ring (bicyclic) bond motifs is 5. The van der Waals surface area contributed by atoms with Crippen molar-refractivity contribution in [2.45, 2.75) is 57.9 Å². The van der Waals surface area contributed by atoms with Crippen molar-refractivity contribution in [3.05, 3.63) is 91.5 Å². The summed E-state index contributed by atoms with van der Waals surface area (Å²) in [6.07, 6.45) is 6.37. The monoisotopic (exact) mass is 730 g/mol. The molecule has 3 aliphatic rings. The maximum absolute atomic E-state index is 15.3. The average molecular weight is 731 g/mol. The number of ether oxygens (including phenoxy) is 2. The molecule has 1 amide bonds. The molecular weight excluding hydrogens is 694 g/mol. The van der Waals surface area contributed by atoms with Gasteiger partial charge in [-0.05, 0) is 73.2 Å². The lowest BCUT2D eigenvalue weighted by atomic mass is 9.81. The summed E-state index contributed by atoms with van der Waals surface area (Å²) in [6, 6.07) is 8.60. The van der Waals surface area contributed by atoms with E-state index in [9.17, 15) is 24.1 Å². The average Bonchev–Trinajstić information content (AvgIpc) is 3.51. The Bertz CT molecular complexity index is 2300. The smallest absolute Gasteiger partial charge is 0.367 e. The third-order valence-electron chi connectivity index (χ3n) is 10.0. The number of aliphatic hydroxyl groups is 2. The van der Waals surface area contributed by atoms with Crippen LogP contribution in [-0.2, 0) is 48.5 Å². The predicted molar refractivity (Wildman–Crippen MR) is 188 cm³/mol. The predicted octanol–water partition coefficient (Wildman–Crippen LogP) is 4.17. The molecule has 15 heteroatoms. The number of halogens is 1. The number of nitrogens with one attached hydrogen (secondary N) is 2. The van der Waals surface area contributed by atoms with Crippen LogP contribution in [0.3, 0.4) is 0 Å². The number of amides is 1. The van der Waals surface area contributed by atoms with Gasteiger partial charge in [0.15, 0.2) is 5.60 Å². The number of hydrogen-bond acceptors (Lipinski definition) is 10. The molecule has 0 spiro atoms. The van der Waals surface area contributed by atoms with E-state index >= 15 is 4.39 Å². The molecule has 2 aliphatic heterocycles. The van der Waals surface area contributed by atoms with Crippen molar-refractivity contribution in [3.63, 3.8) is 0 Å². The Balaban J connectivity index is 1.22. The zero-order valence-corrected chi connectivity index (χ0v) is 29.3. The third kappa shape index (κ3) is 5.88. The van der Waals surface area contributed by atoms with E-state index in [1.54, 1.807) is 44.2 Å². The Morgan fingerprint density at radius 3 is 2.67 bits per heavy atom. The Morgan fingerprint density at radius 2 is 1.96 bits per heavy atom. The maximum atomic E-state index is 15.3. The highest BCUT2D eigenvalue weighted by Crippen LogP contribution is 2.47. The fraction of sp³-hybridized carbons (Fsp3) is 0.351. The van der Waals surface area contributed by atoms with Crippen LogP contribution in [0.5, 0.6) is 0 Å². The SMILES string of the molecule is C#CP(=O)(Nc1ccc(C(=O)NC2CCc3c(C)c(F)cc4nc5c(c2c34)Cn2c-5cc3c(c2=O)COC(=O)C3(O)CC)cc1)OCCOCCO. The van der Waals surface area contributed by atoms with Crippen LogP contribution in [0.25, 0.3) is 22.3 Å². The van der Waals surface area contributed by atoms with Crippen LogP contribution in [0.15, 0.2) is 41.2 Å². The summed E-state index contributed by atoms with van der Waals surface area (Å²) in [4.78, 5) is 45.1. The number of aromatic nitrogens is 2. The van der Waals surface area contributed by atoms with Gasteiger partial charge >= 0.3 is 13.5 Å². The molecule has 0 radical (unpaired) electrons. The summed E-state index contributed by atoms with van der Waals surface area (Å²) in [5, 5.41) is 26.7. The Morgan fingerprint density at radius 1 is 1.19 bits per heavy atom. The molecule has 4 aromatic rings. The highest BCUT2D eigenvalue weighted by molar-refractivity contribution is 7.65. The van der Waals surface area contributed by atoms with Gasteiger partial charge in [0, 0.05) is 39.5 Å². The first-order chi connectivity index (χ1) is 24.9. The van der Waals surface area contributed by atoms with E-state index in [0.29, 0.717) is 52.1 Å². The summed E-state index contributed by atoms with van der Waals surface area (Å²) in [5.74, 6) is -1.66. The standard InChI is InChI=1S/C37H36FN4O9P/c1-4-37(47)26-16-30-33-24(18-42(30)35(45)25(26)19-50-36(37)46)32-28(11-10-23-20(3)27(38)17-29(39-33)31(23)32)40-34(44)21-6-8-22(9-7-21)41-52(48,5-2)51-15-14-49-13-12-43/h2,6-9,16-17,28,43,47H,4,10-15,18-19H2,1,3H3,(H,40,44)(H,41,48). The second-order valence-corrected chi connectivity index (χ2v) is 14.8. The van der Waals surface area contributed by atoms with Crippen molar-refractivity contribution in [3.8, 4) is 23.5 Å². The molecule has 4 N–H and O–H groups in total. The maximum Gasteiger partial charge on any atom is 0.367 e. The molecule has 3 atom stereocenters. The normalized spacial score (nSPS) is 19.5. The number of cyclic esters (lactones) is 1. The van der Waals surface area contributed by atoms with Crippen molar-refractivity contribution in [1.82, 2.24) is 14.9 Å². The minimum absolute atomic E-state index is 0.0114. The number of pyridine rings is 2. The molecule has 1 aliphatic carbocycles. The number of carbonyl (C=O) groups excluding carboxylic acids is 2. The van der Waals surface area contributed by atoms with Crippen LogP contribution in [-0.4, -0.2) is 58.1 Å². The first-order valence-corrected chi connectivity index (χ1v) is 18.5. The number of rotatable bonds is 11. The molecule has 0 saturated carbocycles. The first kappa shape index (κ1) is 35.5. The molecule has 52 heavy (non-hydrogen) atoms. The van der Waals surface area contributed by atoms with E-state index in [1.807, 2.05) is 0 Å². The Kier molecular flexibility index (Phi) is 9.27. The van der Waals surface area contributed by atoms with Gasteiger partial charge in [-0.3, -0.25) is 14.2 Å². The van der Waals surface area contributed by atoms with E-state index in [4.69, 9.17) is 30.5 Å². The fourth-order valence-corrected chi connectivity index (χ4v) is 8.32. The molecule has 13 nitrogen and oxygen atoms in total. The molecule has 4 heterocycles. The number of aliphatic hydroxyl groups excluding tert-OH is 1. The number of benzene rings is 2. The minimum Gasteiger partial charge on any atom is -0.458 e. The molecule has 7 rings (SSSR count). The first-order valence-electron chi connectivity index (χ1n) is 16.8. The van der Waals surface area contributed by atoms with Crippen molar-refractivity contribution in [2.75, 3.05) is 31.5 Å². The molecule has 2 aromatic carbocycles. The number of aryl methyl sites for hydroxylation is 1. The van der Waals surface area contributed by atoms with Gasteiger partial charge in [-0.1, -0.05) is 6.92 Å². The van der Waals surface area contributed by atoms with Crippen molar-refractivity contribution >= 4 is 36.0 Å². The van der Waals surface area contributed by atoms with Crippen LogP contribution in [0.4, 0.5) is 10.1 Å². The lowest BCUT2D eigenvalue weighted by molar-refractivity contribution is -0.172. The van der Waals surface area contributed by atoms with Crippen molar-refractivity contribution < 1.29 is 42.8 Å². The summed E-state index contributed by atoms with van der Waals surface area (Å²) in [6.45, 7) is 3.15. The highest BCUT2D eigenvalue weighted by atomic mass is 31.2.